The van der Waals surface area contributed by atoms with Crippen LogP contribution >= 0.6 is 11.6 Å². The van der Waals surface area contributed by atoms with E-state index in [1.807, 2.05) is 0 Å². The normalized spacial score (nSPS) is 11.6. The van der Waals surface area contributed by atoms with Crippen molar-refractivity contribution in [2.24, 2.45) is 0 Å². The monoisotopic (exact) mass is 228 g/mol. The Hall–Kier alpha value is 0.420. The number of benzene rings is 1. The predicted octanol–water partition coefficient (Wildman–Crippen LogP) is -1.41. The predicted molar refractivity (Wildman–Crippen MR) is 45.2 cm³/mol. The van der Waals surface area contributed by atoms with Crippen LogP contribution < -0.4 is 34.3 Å². The third-order valence-corrected chi connectivity index (χ3v) is 2.27. The third kappa shape index (κ3) is 3.58. The molecule has 0 amide bonds. The molecule has 1 rings (SSSR count). The van der Waals surface area contributed by atoms with Gasteiger partial charge in [0.25, 0.3) is 0 Å². The summed E-state index contributed by atoms with van der Waals surface area (Å²) in [6.45, 7) is 0. The molecule has 0 aromatic heterocycles. The van der Waals surface area contributed by atoms with E-state index in [-0.39, 0.29) is 34.5 Å². The van der Waals surface area contributed by atoms with Crippen LogP contribution in [0.3, 0.4) is 0 Å². The molecule has 0 spiro atoms. The summed E-state index contributed by atoms with van der Waals surface area (Å²) < 4.78 is 25.8. The van der Waals surface area contributed by atoms with E-state index in [0.717, 1.165) is 0 Å². The fourth-order valence-corrected chi connectivity index (χ4v) is 1.32. The van der Waals surface area contributed by atoms with Gasteiger partial charge in [0.1, 0.15) is 5.75 Å². The van der Waals surface area contributed by atoms with Crippen molar-refractivity contribution in [2.45, 2.75) is 4.90 Å². The average Bonchev–Trinajstić information content (AvgIpc) is 2.05. The fourth-order valence-electron chi connectivity index (χ4n) is 0.744. The molecular formula is C7H6ClNaO3S. The first-order valence-electron chi connectivity index (χ1n) is 3.08. The van der Waals surface area contributed by atoms with Crippen LogP contribution in [-0.4, -0.2) is 15.9 Å². The molecule has 1 unspecified atom stereocenters. The smallest absolute Gasteiger partial charge is 0.768 e. The summed E-state index contributed by atoms with van der Waals surface area (Å²) in [5.74, 6) is 0.360. The quantitative estimate of drug-likeness (QED) is 0.462. The molecule has 66 valence electrons. The van der Waals surface area contributed by atoms with Crippen molar-refractivity contribution in [3.63, 3.8) is 0 Å². The minimum absolute atomic E-state index is 0. The largest absolute Gasteiger partial charge is 1.00 e. The molecule has 1 aromatic rings. The van der Waals surface area contributed by atoms with Gasteiger partial charge in [-0.2, -0.15) is 0 Å². The minimum atomic E-state index is -2.24. The Balaban J connectivity index is 0.00000144. The Morgan fingerprint density at radius 3 is 2.62 bits per heavy atom. The van der Waals surface area contributed by atoms with E-state index in [0.29, 0.717) is 10.8 Å². The first-order chi connectivity index (χ1) is 5.65. The molecule has 0 fully saturated rings. The SMILES string of the molecule is COc1cc(S(=O)[O-])ccc1Cl.[Na+]. The van der Waals surface area contributed by atoms with E-state index in [1.54, 1.807) is 0 Å². The molecule has 13 heavy (non-hydrogen) atoms. The molecule has 0 aliphatic carbocycles. The van der Waals surface area contributed by atoms with Crippen molar-refractivity contribution >= 4 is 22.7 Å². The van der Waals surface area contributed by atoms with Gasteiger partial charge in [0.2, 0.25) is 0 Å². The summed E-state index contributed by atoms with van der Waals surface area (Å²) in [6.07, 6.45) is 0. The topological polar surface area (TPSA) is 49.4 Å². The van der Waals surface area contributed by atoms with Gasteiger partial charge in [0.15, 0.2) is 0 Å². The van der Waals surface area contributed by atoms with Crippen LogP contribution in [-0.2, 0) is 11.1 Å². The maximum Gasteiger partial charge on any atom is 1.00 e. The van der Waals surface area contributed by atoms with Crippen molar-refractivity contribution < 1.29 is 43.1 Å². The number of halogens is 1. The zero-order valence-corrected chi connectivity index (χ0v) is 10.8. The molecule has 3 nitrogen and oxygen atoms in total. The Kier molecular flexibility index (Phi) is 6.20. The summed E-state index contributed by atoms with van der Waals surface area (Å²) in [4.78, 5) is 0.163. The van der Waals surface area contributed by atoms with Crippen LogP contribution in [0.25, 0.3) is 0 Å². The van der Waals surface area contributed by atoms with Crippen LogP contribution in [0.2, 0.25) is 5.02 Å². The average molecular weight is 229 g/mol. The van der Waals surface area contributed by atoms with E-state index >= 15 is 0 Å². The molecule has 0 saturated heterocycles. The van der Waals surface area contributed by atoms with Crippen molar-refractivity contribution in [1.29, 1.82) is 0 Å². The summed E-state index contributed by atoms with van der Waals surface area (Å²) >= 11 is 3.44. The number of ether oxygens (including phenoxy) is 1. The molecule has 6 heteroatoms. The van der Waals surface area contributed by atoms with Crippen LogP contribution in [0, 0.1) is 0 Å². The number of hydrogen-bond donors (Lipinski definition) is 0. The van der Waals surface area contributed by atoms with E-state index in [9.17, 15) is 8.76 Å². The van der Waals surface area contributed by atoms with Gasteiger partial charge in [-0.05, 0) is 29.3 Å². The summed E-state index contributed by atoms with van der Waals surface area (Å²) in [5, 5.41) is 0.395. The third-order valence-electron chi connectivity index (χ3n) is 1.32. The standard InChI is InChI=1S/C7H7ClO3S.Na/c1-11-7-4-5(12(9)10)2-3-6(7)8;/h2-4H,1H3,(H,9,10);/q;+1/p-1. The zero-order valence-electron chi connectivity index (χ0n) is 7.24. The number of hydrogen-bond acceptors (Lipinski definition) is 3. The van der Waals surface area contributed by atoms with Crippen molar-refractivity contribution in [3.05, 3.63) is 23.2 Å². The molecule has 0 saturated carbocycles. The van der Waals surface area contributed by atoms with Gasteiger partial charge in [0.05, 0.1) is 12.1 Å². The molecule has 0 radical (unpaired) electrons. The maximum absolute atomic E-state index is 10.5. The van der Waals surface area contributed by atoms with E-state index in [4.69, 9.17) is 16.3 Å². The van der Waals surface area contributed by atoms with Gasteiger partial charge in [-0.15, -0.1) is 0 Å². The van der Waals surface area contributed by atoms with Gasteiger partial charge in [-0.25, -0.2) is 0 Å². The summed E-state index contributed by atoms with van der Waals surface area (Å²) in [6, 6.07) is 4.25. The molecule has 0 N–H and O–H groups in total. The molecule has 0 heterocycles. The molecular weight excluding hydrogens is 223 g/mol. The Morgan fingerprint density at radius 2 is 2.15 bits per heavy atom. The zero-order chi connectivity index (χ0) is 9.14. The Labute approximate surface area is 106 Å². The minimum Gasteiger partial charge on any atom is -0.768 e. The van der Waals surface area contributed by atoms with Gasteiger partial charge >= 0.3 is 29.6 Å². The second kappa shape index (κ2) is 6.01. The van der Waals surface area contributed by atoms with Crippen LogP contribution in [0.1, 0.15) is 0 Å². The molecule has 0 aliphatic rings. The Morgan fingerprint density at radius 1 is 1.54 bits per heavy atom. The number of methoxy groups -OCH3 is 1. The molecule has 0 bridgehead atoms. The van der Waals surface area contributed by atoms with Crippen molar-refractivity contribution in [2.75, 3.05) is 7.11 Å². The maximum atomic E-state index is 10.5. The first-order valence-corrected chi connectivity index (χ1v) is 4.53. The van der Waals surface area contributed by atoms with Gasteiger partial charge in [-0.1, -0.05) is 11.6 Å². The summed E-state index contributed by atoms with van der Waals surface area (Å²) in [7, 11) is 1.43. The fraction of sp³-hybridized carbons (Fsp3) is 0.143. The summed E-state index contributed by atoms with van der Waals surface area (Å²) in [5.41, 5.74) is 0. The van der Waals surface area contributed by atoms with Crippen molar-refractivity contribution in [3.8, 4) is 5.75 Å². The Bertz CT molecular complexity index is 319. The van der Waals surface area contributed by atoms with Gasteiger partial charge in [-0.3, -0.25) is 4.21 Å². The first kappa shape index (κ1) is 13.4. The number of rotatable bonds is 2. The molecule has 0 aliphatic heterocycles. The van der Waals surface area contributed by atoms with Crippen LogP contribution in [0.5, 0.6) is 5.75 Å². The van der Waals surface area contributed by atoms with Crippen LogP contribution in [0.15, 0.2) is 23.1 Å². The van der Waals surface area contributed by atoms with E-state index in [2.05, 4.69) is 0 Å². The van der Waals surface area contributed by atoms with Crippen LogP contribution in [0.4, 0.5) is 0 Å². The molecule has 1 atom stereocenters. The van der Waals surface area contributed by atoms with Crippen molar-refractivity contribution in [1.82, 2.24) is 0 Å². The van der Waals surface area contributed by atoms with E-state index in [1.165, 1.54) is 25.3 Å². The van der Waals surface area contributed by atoms with E-state index < -0.39 is 11.1 Å². The second-order valence-corrected chi connectivity index (χ2v) is 3.38. The van der Waals surface area contributed by atoms with Gasteiger partial charge in [0, 0.05) is 4.90 Å². The molecule has 1 aromatic carbocycles. The van der Waals surface area contributed by atoms with Gasteiger partial charge < -0.3 is 9.29 Å². The second-order valence-electron chi connectivity index (χ2n) is 2.03.